The van der Waals surface area contributed by atoms with Crippen LogP contribution in [0.3, 0.4) is 0 Å². The van der Waals surface area contributed by atoms with E-state index in [1.807, 2.05) is 0 Å². The van der Waals surface area contributed by atoms with Crippen molar-refractivity contribution in [3.8, 4) is 5.75 Å². The van der Waals surface area contributed by atoms with Crippen molar-refractivity contribution >= 4 is 27.4 Å². The molecule has 1 fully saturated rings. The first-order valence-corrected chi connectivity index (χ1v) is 12.1. The monoisotopic (exact) mass is 421 g/mol. The maximum atomic E-state index is 5.48. The number of benzene rings is 2. The number of piperazine rings is 1. The Morgan fingerprint density at radius 3 is 2.83 bits per heavy atom. The summed E-state index contributed by atoms with van der Waals surface area (Å²) in [5.74, 6) is 2.89. The van der Waals surface area contributed by atoms with Crippen molar-refractivity contribution < 1.29 is 4.74 Å². The van der Waals surface area contributed by atoms with Crippen LogP contribution >= 0.6 is 11.5 Å². The van der Waals surface area contributed by atoms with Crippen LogP contribution in [-0.4, -0.2) is 49.1 Å². The smallest absolute Gasteiger partial charge is 0.150 e. The van der Waals surface area contributed by atoms with Crippen LogP contribution in [0.25, 0.3) is 10.1 Å². The Balaban J connectivity index is 1.13. The number of aryl methyl sites for hydroxylation is 1. The molecule has 2 aliphatic rings. The second-order valence-corrected chi connectivity index (χ2v) is 9.43. The van der Waals surface area contributed by atoms with Gasteiger partial charge in [0.1, 0.15) is 11.6 Å². The molecule has 0 radical (unpaired) electrons. The molecule has 5 heteroatoms. The number of ether oxygens (including phenoxy) is 1. The fourth-order valence-electron chi connectivity index (χ4n) is 5.15. The molecule has 30 heavy (non-hydrogen) atoms. The summed E-state index contributed by atoms with van der Waals surface area (Å²) in [6.45, 7) is 5.65. The molecular formula is C25H31N3OS. The van der Waals surface area contributed by atoms with Crippen LogP contribution in [0.4, 0.5) is 5.82 Å². The van der Waals surface area contributed by atoms with E-state index in [-0.39, 0.29) is 0 Å². The molecule has 3 aromatic rings. The normalized spacial score (nSPS) is 19.8. The van der Waals surface area contributed by atoms with E-state index in [4.69, 9.17) is 9.11 Å². The first-order valence-electron chi connectivity index (χ1n) is 11.3. The SMILES string of the molecule is COc1ccc2c(c1)C(CCCN1CCN(c3nsc4ccccc34)CC1)CCC2. The zero-order valence-electron chi connectivity index (χ0n) is 17.8. The zero-order chi connectivity index (χ0) is 20.3. The molecule has 2 heterocycles. The highest BCUT2D eigenvalue weighted by Crippen LogP contribution is 2.37. The van der Waals surface area contributed by atoms with Gasteiger partial charge in [0, 0.05) is 31.6 Å². The lowest BCUT2D eigenvalue weighted by Gasteiger charge is -2.35. The van der Waals surface area contributed by atoms with Crippen molar-refractivity contribution in [2.45, 2.75) is 38.0 Å². The van der Waals surface area contributed by atoms with Gasteiger partial charge in [-0.25, -0.2) is 0 Å². The fraction of sp³-hybridized carbons (Fsp3) is 0.480. The molecule has 1 aliphatic carbocycles. The van der Waals surface area contributed by atoms with E-state index in [0.717, 1.165) is 31.9 Å². The second kappa shape index (κ2) is 8.94. The van der Waals surface area contributed by atoms with Gasteiger partial charge in [-0.1, -0.05) is 18.2 Å². The van der Waals surface area contributed by atoms with Crippen LogP contribution in [0.1, 0.15) is 42.7 Å². The topological polar surface area (TPSA) is 28.6 Å². The minimum Gasteiger partial charge on any atom is -0.497 e. The molecule has 5 rings (SSSR count). The third-order valence-corrected chi connectivity index (χ3v) is 7.67. The van der Waals surface area contributed by atoms with E-state index in [0.29, 0.717) is 5.92 Å². The molecule has 0 bridgehead atoms. The Morgan fingerprint density at radius 1 is 1.10 bits per heavy atom. The summed E-state index contributed by atoms with van der Waals surface area (Å²) in [7, 11) is 1.77. The van der Waals surface area contributed by atoms with Gasteiger partial charge in [-0.05, 0) is 91.5 Å². The van der Waals surface area contributed by atoms with Crippen LogP contribution in [0.5, 0.6) is 5.75 Å². The number of hydrogen-bond donors (Lipinski definition) is 0. The highest BCUT2D eigenvalue weighted by atomic mass is 32.1. The predicted molar refractivity (Wildman–Crippen MR) is 126 cm³/mol. The third kappa shape index (κ3) is 4.06. The minimum absolute atomic E-state index is 0.700. The van der Waals surface area contributed by atoms with Gasteiger partial charge in [0.2, 0.25) is 0 Å². The Bertz CT molecular complexity index is 993. The highest BCUT2D eigenvalue weighted by molar-refractivity contribution is 7.13. The summed E-state index contributed by atoms with van der Waals surface area (Å²) >= 11 is 1.62. The number of hydrogen-bond acceptors (Lipinski definition) is 5. The molecule has 158 valence electrons. The van der Waals surface area contributed by atoms with E-state index < -0.39 is 0 Å². The first kappa shape index (κ1) is 19.8. The van der Waals surface area contributed by atoms with Gasteiger partial charge in [0.05, 0.1) is 11.8 Å². The molecule has 4 nitrogen and oxygen atoms in total. The van der Waals surface area contributed by atoms with Gasteiger partial charge >= 0.3 is 0 Å². The number of fused-ring (bicyclic) bond motifs is 2. The maximum Gasteiger partial charge on any atom is 0.150 e. The van der Waals surface area contributed by atoms with Crippen molar-refractivity contribution in [1.29, 1.82) is 0 Å². The molecule has 1 unspecified atom stereocenters. The van der Waals surface area contributed by atoms with E-state index in [2.05, 4.69) is 52.3 Å². The molecule has 0 saturated carbocycles. The lowest BCUT2D eigenvalue weighted by atomic mass is 9.80. The number of anilines is 1. The molecule has 0 amide bonds. The van der Waals surface area contributed by atoms with Gasteiger partial charge in [-0.2, -0.15) is 4.37 Å². The summed E-state index contributed by atoms with van der Waals surface area (Å²) in [5.41, 5.74) is 3.08. The molecule has 1 saturated heterocycles. The van der Waals surface area contributed by atoms with Gasteiger partial charge in [-0.15, -0.1) is 0 Å². The van der Waals surface area contributed by atoms with Crippen LogP contribution in [-0.2, 0) is 6.42 Å². The molecule has 2 aromatic carbocycles. The van der Waals surface area contributed by atoms with Gasteiger partial charge < -0.3 is 9.64 Å². The summed E-state index contributed by atoms with van der Waals surface area (Å²) in [4.78, 5) is 5.11. The maximum absolute atomic E-state index is 5.48. The standard InChI is InChI=1S/C25H31N3OS/c1-29-21-12-11-20-7-4-6-19(23(20)18-21)8-5-13-27-14-16-28(17-15-27)25-22-9-2-3-10-24(22)30-26-25/h2-3,9-12,18-19H,4-8,13-17H2,1H3. The molecule has 0 spiro atoms. The average molecular weight is 422 g/mol. The van der Waals surface area contributed by atoms with Crippen molar-refractivity contribution in [2.75, 3.05) is 44.7 Å². The Kier molecular flexibility index (Phi) is 5.91. The van der Waals surface area contributed by atoms with Crippen molar-refractivity contribution in [3.63, 3.8) is 0 Å². The average Bonchev–Trinajstić information content (AvgIpc) is 3.23. The zero-order valence-corrected chi connectivity index (χ0v) is 18.7. The third-order valence-electron chi connectivity index (χ3n) is 6.85. The second-order valence-electron chi connectivity index (χ2n) is 8.63. The van der Waals surface area contributed by atoms with Crippen LogP contribution in [0.15, 0.2) is 42.5 Å². The lowest BCUT2D eigenvalue weighted by Crippen LogP contribution is -2.46. The van der Waals surface area contributed by atoms with Gasteiger partial charge in [0.15, 0.2) is 0 Å². The van der Waals surface area contributed by atoms with E-state index in [9.17, 15) is 0 Å². The Hall–Kier alpha value is -2.11. The number of nitrogens with zero attached hydrogens (tertiary/aromatic N) is 3. The largest absolute Gasteiger partial charge is 0.497 e. The summed E-state index contributed by atoms with van der Waals surface area (Å²) in [6.07, 6.45) is 6.44. The van der Waals surface area contributed by atoms with Gasteiger partial charge in [-0.3, -0.25) is 4.90 Å². The van der Waals surface area contributed by atoms with E-state index >= 15 is 0 Å². The fourth-order valence-corrected chi connectivity index (χ4v) is 5.94. The number of methoxy groups -OCH3 is 1. The highest BCUT2D eigenvalue weighted by Gasteiger charge is 2.23. The van der Waals surface area contributed by atoms with E-state index in [1.54, 1.807) is 24.2 Å². The number of rotatable bonds is 6. The Labute approximate surface area is 183 Å². The molecular weight excluding hydrogens is 390 g/mol. The molecule has 1 atom stereocenters. The first-order chi connectivity index (χ1) is 14.8. The van der Waals surface area contributed by atoms with Gasteiger partial charge in [0.25, 0.3) is 0 Å². The summed E-state index contributed by atoms with van der Waals surface area (Å²) in [5, 5.41) is 1.31. The quantitative estimate of drug-likeness (QED) is 0.538. The Morgan fingerprint density at radius 2 is 1.97 bits per heavy atom. The summed E-state index contributed by atoms with van der Waals surface area (Å²) in [6, 6.07) is 15.3. The van der Waals surface area contributed by atoms with E-state index in [1.165, 1.54) is 60.1 Å². The molecule has 1 aromatic heterocycles. The van der Waals surface area contributed by atoms with Crippen molar-refractivity contribution in [2.24, 2.45) is 0 Å². The summed E-state index contributed by atoms with van der Waals surface area (Å²) < 4.78 is 11.5. The van der Waals surface area contributed by atoms with Crippen molar-refractivity contribution in [1.82, 2.24) is 9.27 Å². The minimum atomic E-state index is 0.700. The molecule has 1 aliphatic heterocycles. The van der Waals surface area contributed by atoms with Crippen molar-refractivity contribution in [3.05, 3.63) is 53.6 Å². The lowest BCUT2D eigenvalue weighted by molar-refractivity contribution is 0.249. The van der Waals surface area contributed by atoms with Crippen LogP contribution in [0.2, 0.25) is 0 Å². The predicted octanol–water partition coefficient (Wildman–Crippen LogP) is 5.33. The van der Waals surface area contributed by atoms with Crippen LogP contribution < -0.4 is 9.64 Å². The molecule has 0 N–H and O–H groups in total. The number of aromatic nitrogens is 1. The van der Waals surface area contributed by atoms with Crippen LogP contribution in [0, 0.1) is 0 Å².